The molecule has 1 N–H and O–H groups in total. The fourth-order valence-electron chi connectivity index (χ4n) is 2.16. The van der Waals surface area contributed by atoms with E-state index in [1.807, 2.05) is 0 Å². The quantitative estimate of drug-likeness (QED) is 0.780. The van der Waals surface area contributed by atoms with Crippen LogP contribution in [-0.2, 0) is 4.94 Å². The fraction of sp³-hybridized carbons (Fsp3) is 0.500. The van der Waals surface area contributed by atoms with Crippen molar-refractivity contribution in [1.82, 2.24) is 4.72 Å². The Balaban J connectivity index is 1.99. The van der Waals surface area contributed by atoms with Crippen LogP contribution in [0.2, 0.25) is 0 Å². The van der Waals surface area contributed by atoms with Crippen LogP contribution in [0.15, 0.2) is 24.3 Å². The number of nitrogens with one attached hydrogen (secondary N) is 1. The summed E-state index contributed by atoms with van der Waals surface area (Å²) >= 11 is 4.16. The molecule has 0 aliphatic heterocycles. The van der Waals surface area contributed by atoms with Crippen LogP contribution in [0.1, 0.15) is 54.6 Å². The number of carbonyl (C=O) groups excluding carboxylic acids is 1. The van der Waals surface area contributed by atoms with Crippen molar-refractivity contribution in [2.75, 3.05) is 0 Å². The van der Waals surface area contributed by atoms with E-state index in [1.54, 1.807) is 24.3 Å². The van der Waals surface area contributed by atoms with Gasteiger partial charge in [-0.1, -0.05) is 31.9 Å². The topological polar surface area (TPSA) is 38.3 Å². The SMILES string of the molecule is CC1(CCC(NS)c2ccc(C(=O)OF)cc2)CC1. The molecule has 0 amide bonds. The summed E-state index contributed by atoms with van der Waals surface area (Å²) in [5, 5.41) is 0. The molecule has 104 valence electrons. The monoisotopic (exact) mass is 283 g/mol. The number of benzene rings is 1. The highest BCUT2D eigenvalue weighted by atomic mass is 32.1. The Hall–Kier alpha value is -1.07. The smallest absolute Gasteiger partial charge is 0.259 e. The molecule has 1 unspecified atom stereocenters. The Kier molecular flexibility index (Phi) is 4.47. The minimum Gasteiger partial charge on any atom is -0.259 e. The van der Waals surface area contributed by atoms with Gasteiger partial charge < -0.3 is 0 Å². The van der Waals surface area contributed by atoms with E-state index in [-0.39, 0.29) is 11.6 Å². The van der Waals surface area contributed by atoms with E-state index < -0.39 is 5.97 Å². The molecule has 1 aliphatic carbocycles. The van der Waals surface area contributed by atoms with Crippen molar-refractivity contribution < 1.29 is 14.3 Å². The van der Waals surface area contributed by atoms with E-state index >= 15 is 0 Å². The van der Waals surface area contributed by atoms with Gasteiger partial charge in [-0.15, -0.1) is 0 Å². The summed E-state index contributed by atoms with van der Waals surface area (Å²) in [6.45, 7) is 2.29. The highest BCUT2D eigenvalue weighted by Crippen LogP contribution is 2.49. The second-order valence-electron chi connectivity index (χ2n) is 5.52. The predicted octanol–water partition coefficient (Wildman–Crippen LogP) is 3.78. The third kappa shape index (κ3) is 3.70. The molecular formula is C14H18FNO2S. The predicted molar refractivity (Wildman–Crippen MR) is 74.4 cm³/mol. The van der Waals surface area contributed by atoms with Gasteiger partial charge in [0.1, 0.15) is 0 Å². The summed E-state index contributed by atoms with van der Waals surface area (Å²) in [6, 6.07) is 6.86. The highest BCUT2D eigenvalue weighted by Gasteiger charge is 2.37. The molecule has 1 fully saturated rings. The largest absolute Gasteiger partial charge is 0.379 e. The zero-order chi connectivity index (χ0) is 13.9. The number of hydrogen-bond acceptors (Lipinski definition) is 4. The van der Waals surface area contributed by atoms with Gasteiger partial charge in [0.15, 0.2) is 0 Å². The zero-order valence-corrected chi connectivity index (χ0v) is 11.8. The average molecular weight is 283 g/mol. The average Bonchev–Trinajstić information content (AvgIpc) is 3.17. The minimum atomic E-state index is -0.965. The van der Waals surface area contributed by atoms with Crippen LogP contribution in [-0.4, -0.2) is 5.97 Å². The third-order valence-corrected chi connectivity index (χ3v) is 4.23. The van der Waals surface area contributed by atoms with E-state index in [9.17, 15) is 9.32 Å². The number of carbonyl (C=O) groups is 1. The second-order valence-corrected chi connectivity index (χ2v) is 5.78. The van der Waals surface area contributed by atoms with Gasteiger partial charge in [-0.2, -0.15) is 0 Å². The Morgan fingerprint density at radius 1 is 1.47 bits per heavy atom. The molecule has 0 saturated heterocycles. The zero-order valence-electron chi connectivity index (χ0n) is 10.9. The molecule has 1 aliphatic rings. The summed E-state index contributed by atoms with van der Waals surface area (Å²) in [6.07, 6.45) is 4.74. The van der Waals surface area contributed by atoms with Crippen molar-refractivity contribution in [3.05, 3.63) is 35.4 Å². The lowest BCUT2D eigenvalue weighted by Gasteiger charge is -2.18. The fourth-order valence-corrected chi connectivity index (χ4v) is 2.44. The molecule has 0 bridgehead atoms. The van der Waals surface area contributed by atoms with E-state index in [4.69, 9.17) is 0 Å². The lowest BCUT2D eigenvalue weighted by Crippen LogP contribution is -2.13. The highest BCUT2D eigenvalue weighted by molar-refractivity contribution is 7.78. The Bertz CT molecular complexity index is 445. The van der Waals surface area contributed by atoms with Gasteiger partial charge in [0.25, 0.3) is 0 Å². The van der Waals surface area contributed by atoms with Gasteiger partial charge in [-0.05, 0) is 48.8 Å². The lowest BCUT2D eigenvalue weighted by molar-refractivity contribution is -0.0788. The molecule has 0 radical (unpaired) electrons. The van der Waals surface area contributed by atoms with Gasteiger partial charge in [0.2, 0.25) is 0 Å². The van der Waals surface area contributed by atoms with Gasteiger partial charge in [-0.3, -0.25) is 4.72 Å². The molecule has 1 aromatic rings. The number of rotatable bonds is 6. The molecule has 0 heterocycles. The van der Waals surface area contributed by atoms with Crippen LogP contribution < -0.4 is 4.72 Å². The van der Waals surface area contributed by atoms with Crippen LogP contribution in [0.5, 0.6) is 0 Å². The van der Waals surface area contributed by atoms with Crippen molar-refractivity contribution in [3.63, 3.8) is 0 Å². The Morgan fingerprint density at radius 2 is 2.11 bits per heavy atom. The maximum atomic E-state index is 11.8. The van der Waals surface area contributed by atoms with E-state index in [2.05, 4.69) is 29.4 Å². The first-order valence-corrected chi connectivity index (χ1v) is 6.85. The molecule has 5 heteroatoms. The maximum absolute atomic E-state index is 11.8. The molecule has 0 spiro atoms. The Labute approximate surface area is 118 Å². The van der Waals surface area contributed by atoms with E-state index in [0.29, 0.717) is 5.41 Å². The van der Waals surface area contributed by atoms with Crippen LogP contribution in [0, 0.1) is 5.41 Å². The molecule has 1 saturated carbocycles. The summed E-state index contributed by atoms with van der Waals surface area (Å²) in [5.41, 5.74) is 1.74. The molecule has 1 aromatic carbocycles. The Morgan fingerprint density at radius 3 is 2.58 bits per heavy atom. The van der Waals surface area contributed by atoms with Crippen molar-refractivity contribution in [1.29, 1.82) is 0 Å². The van der Waals surface area contributed by atoms with Gasteiger partial charge in [-0.25, -0.2) is 9.74 Å². The number of thiol groups is 1. The lowest BCUT2D eigenvalue weighted by atomic mass is 9.95. The van der Waals surface area contributed by atoms with Crippen molar-refractivity contribution in [2.45, 2.75) is 38.6 Å². The summed E-state index contributed by atoms with van der Waals surface area (Å²) in [4.78, 5) is 14.2. The van der Waals surface area contributed by atoms with Gasteiger partial charge in [0.05, 0.1) is 5.56 Å². The molecule has 3 nitrogen and oxygen atoms in total. The number of halogens is 1. The molecule has 2 rings (SSSR count). The first-order valence-electron chi connectivity index (χ1n) is 6.40. The number of hydrogen-bond donors (Lipinski definition) is 2. The normalized spacial score (nSPS) is 17.8. The van der Waals surface area contributed by atoms with Gasteiger partial charge in [0, 0.05) is 10.6 Å². The first-order chi connectivity index (χ1) is 9.08. The van der Waals surface area contributed by atoms with Crippen molar-refractivity contribution in [2.24, 2.45) is 5.41 Å². The molecule has 1 atom stereocenters. The van der Waals surface area contributed by atoms with Crippen LogP contribution >= 0.6 is 12.8 Å². The van der Waals surface area contributed by atoms with Crippen LogP contribution in [0.25, 0.3) is 0 Å². The van der Waals surface area contributed by atoms with Crippen LogP contribution in [0.3, 0.4) is 0 Å². The van der Waals surface area contributed by atoms with E-state index in [1.165, 1.54) is 12.8 Å². The van der Waals surface area contributed by atoms with Crippen molar-refractivity contribution in [3.8, 4) is 0 Å². The maximum Gasteiger partial charge on any atom is 0.379 e. The molecule has 19 heavy (non-hydrogen) atoms. The molecular weight excluding hydrogens is 265 g/mol. The standard InChI is InChI=1S/C14H18FNO2S/c1-14(8-9-14)7-6-12(16-19)10-2-4-11(5-3-10)13(17)18-15/h2-5,12,16,19H,6-9H2,1H3. The molecule has 0 aromatic heterocycles. The van der Waals surface area contributed by atoms with Crippen molar-refractivity contribution >= 4 is 18.8 Å². The van der Waals surface area contributed by atoms with Crippen LogP contribution in [0.4, 0.5) is 4.53 Å². The van der Waals surface area contributed by atoms with Gasteiger partial charge >= 0.3 is 5.97 Å². The third-order valence-electron chi connectivity index (χ3n) is 3.91. The minimum absolute atomic E-state index is 0.135. The summed E-state index contributed by atoms with van der Waals surface area (Å²) in [7, 11) is 0. The summed E-state index contributed by atoms with van der Waals surface area (Å²) in [5.74, 6) is -0.965. The van der Waals surface area contributed by atoms with E-state index in [0.717, 1.165) is 18.4 Å². The summed E-state index contributed by atoms with van der Waals surface area (Å²) < 4.78 is 14.8. The second kappa shape index (κ2) is 5.92. The first kappa shape index (κ1) is 14.3.